The van der Waals surface area contributed by atoms with Gasteiger partial charge < -0.3 is 9.30 Å². The number of esters is 1. The summed E-state index contributed by atoms with van der Waals surface area (Å²) in [5, 5.41) is 0. The van der Waals surface area contributed by atoms with Gasteiger partial charge in [0.15, 0.2) is 0 Å². The minimum atomic E-state index is -0.329. The number of aryl methyl sites for hydroxylation is 1. The van der Waals surface area contributed by atoms with Crippen LogP contribution < -0.4 is 4.74 Å². The summed E-state index contributed by atoms with van der Waals surface area (Å²) in [4.78, 5) is 12.3. The SMILES string of the molecule is CCn1cc(Br)cc1C(=O)Oc1ccc(C2SCCS2)cc1. The Morgan fingerprint density at radius 1 is 1.32 bits per heavy atom. The van der Waals surface area contributed by atoms with E-state index in [1.165, 1.54) is 17.1 Å². The van der Waals surface area contributed by atoms with Crippen molar-refractivity contribution in [2.75, 3.05) is 11.5 Å². The molecule has 0 aliphatic carbocycles. The van der Waals surface area contributed by atoms with Gasteiger partial charge in [-0.15, -0.1) is 23.5 Å². The summed E-state index contributed by atoms with van der Waals surface area (Å²) >= 11 is 7.32. The number of nitrogens with zero attached hydrogens (tertiary/aromatic N) is 1. The maximum atomic E-state index is 12.3. The molecule has 0 bridgehead atoms. The second-order valence-corrected chi connectivity index (χ2v) is 8.50. The summed E-state index contributed by atoms with van der Waals surface area (Å²) in [6.07, 6.45) is 1.88. The molecule has 116 valence electrons. The second kappa shape index (κ2) is 7.15. The molecule has 2 aromatic rings. The third-order valence-electron chi connectivity index (χ3n) is 3.40. The monoisotopic (exact) mass is 397 g/mol. The van der Waals surface area contributed by atoms with Crippen LogP contribution in [-0.4, -0.2) is 22.0 Å². The van der Waals surface area contributed by atoms with Gasteiger partial charge in [-0.05, 0) is 46.6 Å². The summed E-state index contributed by atoms with van der Waals surface area (Å²) < 4.78 is 8.74. The molecule has 22 heavy (non-hydrogen) atoms. The first-order chi connectivity index (χ1) is 10.7. The molecule has 0 N–H and O–H groups in total. The number of hydrogen-bond donors (Lipinski definition) is 0. The third kappa shape index (κ3) is 3.55. The number of hydrogen-bond acceptors (Lipinski definition) is 4. The lowest BCUT2D eigenvalue weighted by Gasteiger charge is -2.10. The van der Waals surface area contributed by atoms with E-state index < -0.39 is 0 Å². The van der Waals surface area contributed by atoms with E-state index in [0.29, 0.717) is 16.0 Å². The lowest BCUT2D eigenvalue weighted by atomic mass is 10.2. The van der Waals surface area contributed by atoms with Crippen LogP contribution in [0.3, 0.4) is 0 Å². The molecule has 0 atom stereocenters. The van der Waals surface area contributed by atoms with Crippen LogP contribution in [0, 0.1) is 0 Å². The van der Waals surface area contributed by atoms with E-state index >= 15 is 0 Å². The number of rotatable bonds is 4. The van der Waals surface area contributed by atoms with Crippen LogP contribution in [-0.2, 0) is 6.54 Å². The summed E-state index contributed by atoms with van der Waals surface area (Å²) in [6.45, 7) is 2.72. The summed E-state index contributed by atoms with van der Waals surface area (Å²) in [5.74, 6) is 2.66. The van der Waals surface area contributed by atoms with E-state index in [1.807, 2.05) is 65.5 Å². The zero-order valence-electron chi connectivity index (χ0n) is 12.1. The molecule has 0 spiro atoms. The molecule has 3 rings (SSSR count). The van der Waals surface area contributed by atoms with Crippen molar-refractivity contribution in [2.45, 2.75) is 18.1 Å². The number of carbonyl (C=O) groups excluding carboxylic acids is 1. The smallest absolute Gasteiger partial charge is 0.360 e. The van der Waals surface area contributed by atoms with E-state index in [9.17, 15) is 4.79 Å². The summed E-state index contributed by atoms with van der Waals surface area (Å²) in [5.41, 5.74) is 1.84. The minimum Gasteiger partial charge on any atom is -0.422 e. The van der Waals surface area contributed by atoms with Crippen LogP contribution in [0.1, 0.15) is 27.6 Å². The lowest BCUT2D eigenvalue weighted by molar-refractivity contribution is 0.0723. The molecule has 3 nitrogen and oxygen atoms in total. The summed E-state index contributed by atoms with van der Waals surface area (Å²) in [6, 6.07) is 9.63. The first-order valence-electron chi connectivity index (χ1n) is 7.08. The van der Waals surface area contributed by atoms with Crippen LogP contribution in [0.25, 0.3) is 0 Å². The number of benzene rings is 1. The maximum Gasteiger partial charge on any atom is 0.360 e. The molecule has 6 heteroatoms. The molecular weight excluding hydrogens is 382 g/mol. The van der Waals surface area contributed by atoms with Gasteiger partial charge in [-0.2, -0.15) is 0 Å². The Labute approximate surface area is 146 Å². The minimum absolute atomic E-state index is 0.329. The quantitative estimate of drug-likeness (QED) is 0.538. The molecule has 1 aromatic heterocycles. The molecule has 2 heterocycles. The van der Waals surface area contributed by atoms with Gasteiger partial charge >= 0.3 is 5.97 Å². The van der Waals surface area contributed by atoms with Crippen LogP contribution in [0.5, 0.6) is 5.75 Å². The number of carbonyl (C=O) groups is 1. The molecule has 0 amide bonds. The maximum absolute atomic E-state index is 12.3. The number of aromatic nitrogens is 1. The van der Waals surface area contributed by atoms with E-state index in [1.54, 1.807) is 6.07 Å². The van der Waals surface area contributed by atoms with Gasteiger partial charge in [0.2, 0.25) is 0 Å². The van der Waals surface area contributed by atoms with Crippen molar-refractivity contribution in [3.8, 4) is 5.75 Å². The van der Waals surface area contributed by atoms with Crippen molar-refractivity contribution in [1.29, 1.82) is 0 Å². The van der Waals surface area contributed by atoms with Crippen LogP contribution in [0.4, 0.5) is 0 Å². The van der Waals surface area contributed by atoms with Gasteiger partial charge in [-0.25, -0.2) is 4.79 Å². The predicted molar refractivity (Wildman–Crippen MR) is 96.9 cm³/mol. The fraction of sp³-hybridized carbons (Fsp3) is 0.312. The molecule has 1 aliphatic rings. The van der Waals surface area contributed by atoms with Gasteiger partial charge in [0.25, 0.3) is 0 Å². The fourth-order valence-corrected chi connectivity index (χ4v) is 5.63. The Balaban J connectivity index is 1.71. The molecule has 1 aliphatic heterocycles. The van der Waals surface area contributed by atoms with Gasteiger partial charge in [0.05, 0.1) is 4.58 Å². The molecular formula is C16H16BrNO2S2. The first-order valence-corrected chi connectivity index (χ1v) is 9.97. The Morgan fingerprint density at radius 3 is 2.64 bits per heavy atom. The standard InChI is InChI=1S/C16H16BrNO2S2/c1-2-18-10-12(17)9-14(18)15(19)20-13-5-3-11(4-6-13)16-21-7-8-22-16/h3-6,9-10,16H,2,7-8H2,1H3. The highest BCUT2D eigenvalue weighted by molar-refractivity contribution is 9.10. The molecule has 1 aromatic carbocycles. The Morgan fingerprint density at radius 2 is 2.00 bits per heavy atom. The molecule has 1 saturated heterocycles. The zero-order valence-corrected chi connectivity index (χ0v) is 15.3. The van der Waals surface area contributed by atoms with Gasteiger partial charge in [-0.1, -0.05) is 12.1 Å². The predicted octanol–water partition coefficient (Wildman–Crippen LogP) is 4.97. The van der Waals surface area contributed by atoms with Crippen LogP contribution >= 0.6 is 39.5 Å². The number of thioether (sulfide) groups is 2. The second-order valence-electron chi connectivity index (χ2n) is 4.86. The Bertz CT molecular complexity index is 663. The zero-order chi connectivity index (χ0) is 15.5. The van der Waals surface area contributed by atoms with Crippen molar-refractivity contribution in [3.63, 3.8) is 0 Å². The fourth-order valence-electron chi connectivity index (χ4n) is 2.31. The average molecular weight is 398 g/mol. The molecule has 1 fully saturated rings. The van der Waals surface area contributed by atoms with Gasteiger partial charge in [0, 0.05) is 28.7 Å². The third-order valence-corrected chi connectivity index (χ3v) is 6.94. The molecule has 0 saturated carbocycles. The lowest BCUT2D eigenvalue weighted by Crippen LogP contribution is -2.13. The topological polar surface area (TPSA) is 31.2 Å². The van der Waals surface area contributed by atoms with Gasteiger partial charge in [0.1, 0.15) is 11.4 Å². The van der Waals surface area contributed by atoms with Crippen molar-refractivity contribution < 1.29 is 9.53 Å². The number of halogens is 1. The average Bonchev–Trinajstić information content (AvgIpc) is 3.17. The Hall–Kier alpha value is -0.850. The van der Waals surface area contributed by atoms with E-state index in [4.69, 9.17) is 4.74 Å². The van der Waals surface area contributed by atoms with Crippen LogP contribution in [0.15, 0.2) is 41.0 Å². The van der Waals surface area contributed by atoms with Crippen molar-refractivity contribution in [1.82, 2.24) is 4.57 Å². The van der Waals surface area contributed by atoms with Crippen molar-refractivity contribution in [3.05, 3.63) is 52.3 Å². The Kier molecular flexibility index (Phi) is 5.21. The molecule has 0 unspecified atom stereocenters. The van der Waals surface area contributed by atoms with Crippen molar-refractivity contribution in [2.24, 2.45) is 0 Å². The summed E-state index contributed by atoms with van der Waals surface area (Å²) in [7, 11) is 0. The van der Waals surface area contributed by atoms with Gasteiger partial charge in [-0.3, -0.25) is 0 Å². The van der Waals surface area contributed by atoms with Crippen molar-refractivity contribution >= 4 is 45.4 Å². The highest BCUT2D eigenvalue weighted by Gasteiger charge is 2.19. The largest absolute Gasteiger partial charge is 0.422 e. The van der Waals surface area contributed by atoms with E-state index in [0.717, 1.165) is 11.0 Å². The highest BCUT2D eigenvalue weighted by atomic mass is 79.9. The molecule has 0 radical (unpaired) electrons. The van der Waals surface area contributed by atoms with Crippen LogP contribution in [0.2, 0.25) is 0 Å². The first kappa shape index (κ1) is 16.0. The van der Waals surface area contributed by atoms with E-state index in [-0.39, 0.29) is 5.97 Å². The van der Waals surface area contributed by atoms with E-state index in [2.05, 4.69) is 15.9 Å². The normalized spacial score (nSPS) is 15.2. The number of ether oxygens (including phenoxy) is 1. The highest BCUT2D eigenvalue weighted by Crippen LogP contribution is 2.45.